The average molecular weight is 422 g/mol. The molecule has 2 amide bonds. The van der Waals surface area contributed by atoms with Gasteiger partial charge in [0.1, 0.15) is 12.3 Å². The Morgan fingerprint density at radius 3 is 2.52 bits per heavy atom. The summed E-state index contributed by atoms with van der Waals surface area (Å²) in [4.78, 5) is 24.3. The number of carbonyl (C=O) groups is 2. The fraction of sp³-hybridized carbons (Fsp3) is 0.450. The zero-order valence-corrected chi connectivity index (χ0v) is 17.3. The number of carbonyl (C=O) groups excluding carboxylic acids is 2. The van der Waals surface area contributed by atoms with Crippen molar-refractivity contribution < 1.29 is 14.3 Å². The number of nitrogens with zero attached hydrogens (tertiary/aromatic N) is 2. The SMILES string of the molecule is COc1ccc(NC(=O)Cn2cc(NC(=O)CCC3CCNCC3)cn2)cc1.Cl. The van der Waals surface area contributed by atoms with Crippen LogP contribution in [0.4, 0.5) is 11.4 Å². The number of rotatable bonds is 8. The van der Waals surface area contributed by atoms with Crippen molar-refractivity contribution in [3.8, 4) is 5.75 Å². The molecule has 0 radical (unpaired) electrons. The Hall–Kier alpha value is -2.58. The highest BCUT2D eigenvalue weighted by Crippen LogP contribution is 2.18. The van der Waals surface area contributed by atoms with Crippen molar-refractivity contribution in [2.75, 3.05) is 30.8 Å². The smallest absolute Gasteiger partial charge is 0.246 e. The zero-order chi connectivity index (χ0) is 19.8. The summed E-state index contributed by atoms with van der Waals surface area (Å²) in [5.74, 6) is 1.14. The Morgan fingerprint density at radius 1 is 1.14 bits per heavy atom. The lowest BCUT2D eigenvalue weighted by Gasteiger charge is -2.22. The number of halogens is 1. The molecule has 2 aromatic rings. The van der Waals surface area contributed by atoms with E-state index in [1.807, 2.05) is 0 Å². The van der Waals surface area contributed by atoms with Gasteiger partial charge in [0.05, 0.1) is 19.0 Å². The van der Waals surface area contributed by atoms with Crippen LogP contribution in [0.15, 0.2) is 36.7 Å². The molecule has 1 aromatic carbocycles. The van der Waals surface area contributed by atoms with E-state index in [-0.39, 0.29) is 30.8 Å². The van der Waals surface area contributed by atoms with Gasteiger partial charge in [-0.2, -0.15) is 5.10 Å². The Bertz CT molecular complexity index is 788. The van der Waals surface area contributed by atoms with Gasteiger partial charge in [-0.25, -0.2) is 0 Å². The summed E-state index contributed by atoms with van der Waals surface area (Å²) < 4.78 is 6.59. The third-order valence-corrected chi connectivity index (χ3v) is 4.83. The first kappa shape index (κ1) is 22.7. The van der Waals surface area contributed by atoms with Crippen LogP contribution in [0.3, 0.4) is 0 Å². The largest absolute Gasteiger partial charge is 0.497 e. The van der Waals surface area contributed by atoms with Crippen LogP contribution in [0, 0.1) is 5.92 Å². The molecule has 0 spiro atoms. The average Bonchev–Trinajstić information content (AvgIpc) is 3.14. The summed E-state index contributed by atoms with van der Waals surface area (Å²) >= 11 is 0. The van der Waals surface area contributed by atoms with Crippen molar-refractivity contribution in [1.29, 1.82) is 0 Å². The number of hydrogen-bond acceptors (Lipinski definition) is 5. The van der Waals surface area contributed by atoms with E-state index in [4.69, 9.17) is 4.74 Å². The Kier molecular flexibility index (Phi) is 8.95. The Labute approximate surface area is 176 Å². The Morgan fingerprint density at radius 2 is 1.83 bits per heavy atom. The van der Waals surface area contributed by atoms with Crippen molar-refractivity contribution in [3.05, 3.63) is 36.7 Å². The highest BCUT2D eigenvalue weighted by Gasteiger charge is 2.15. The van der Waals surface area contributed by atoms with Gasteiger partial charge in [0.25, 0.3) is 0 Å². The van der Waals surface area contributed by atoms with Crippen LogP contribution in [-0.2, 0) is 16.1 Å². The number of amides is 2. The second kappa shape index (κ2) is 11.4. The second-order valence-corrected chi connectivity index (χ2v) is 6.98. The number of piperidine rings is 1. The van der Waals surface area contributed by atoms with Gasteiger partial charge in [0.15, 0.2) is 0 Å². The molecule has 3 rings (SSSR count). The topological polar surface area (TPSA) is 97.3 Å². The molecule has 3 N–H and O–H groups in total. The molecule has 2 heterocycles. The van der Waals surface area contributed by atoms with Crippen LogP contribution in [0.25, 0.3) is 0 Å². The first-order valence-corrected chi connectivity index (χ1v) is 9.59. The molecule has 0 bridgehead atoms. The molecule has 1 aliphatic rings. The molecule has 1 aliphatic heterocycles. The van der Waals surface area contributed by atoms with Crippen LogP contribution in [0.2, 0.25) is 0 Å². The van der Waals surface area contributed by atoms with Gasteiger partial charge in [-0.1, -0.05) is 0 Å². The predicted molar refractivity (Wildman–Crippen MR) is 115 cm³/mol. The summed E-state index contributed by atoms with van der Waals surface area (Å²) in [6, 6.07) is 7.10. The van der Waals surface area contributed by atoms with Gasteiger partial charge in [0, 0.05) is 18.3 Å². The van der Waals surface area contributed by atoms with E-state index in [9.17, 15) is 9.59 Å². The van der Waals surface area contributed by atoms with Crippen LogP contribution >= 0.6 is 12.4 Å². The molecule has 9 heteroatoms. The van der Waals surface area contributed by atoms with Crippen molar-refractivity contribution >= 4 is 35.6 Å². The maximum Gasteiger partial charge on any atom is 0.246 e. The summed E-state index contributed by atoms with van der Waals surface area (Å²) in [6.45, 7) is 2.15. The number of aromatic nitrogens is 2. The fourth-order valence-electron chi connectivity index (χ4n) is 3.27. The van der Waals surface area contributed by atoms with Gasteiger partial charge in [-0.05, 0) is 62.5 Å². The number of nitrogens with one attached hydrogen (secondary N) is 3. The van der Waals surface area contributed by atoms with E-state index in [2.05, 4.69) is 21.0 Å². The molecule has 158 valence electrons. The van der Waals surface area contributed by atoms with E-state index in [0.29, 0.717) is 23.7 Å². The van der Waals surface area contributed by atoms with Gasteiger partial charge in [-0.15, -0.1) is 12.4 Å². The predicted octanol–water partition coefficient (Wildman–Crippen LogP) is 2.67. The molecule has 8 nitrogen and oxygen atoms in total. The standard InChI is InChI=1S/C20H27N5O3.ClH/c1-28-18-5-3-16(4-6-18)23-20(27)14-25-13-17(12-22-25)24-19(26)7-2-15-8-10-21-11-9-15;/h3-6,12-13,15,21H,2,7-11,14H2,1H3,(H,23,27)(H,24,26);1H. The van der Waals surface area contributed by atoms with E-state index in [0.717, 1.165) is 38.1 Å². The third kappa shape index (κ3) is 7.40. The van der Waals surface area contributed by atoms with Crippen LogP contribution in [0.1, 0.15) is 25.7 Å². The lowest BCUT2D eigenvalue weighted by Crippen LogP contribution is -2.28. The van der Waals surface area contributed by atoms with Crippen LogP contribution in [-0.4, -0.2) is 41.8 Å². The molecule has 1 saturated heterocycles. The molecule has 0 saturated carbocycles. The van der Waals surface area contributed by atoms with Gasteiger partial charge < -0.3 is 20.7 Å². The van der Waals surface area contributed by atoms with Crippen molar-refractivity contribution in [2.45, 2.75) is 32.2 Å². The van der Waals surface area contributed by atoms with Gasteiger partial charge in [-0.3, -0.25) is 14.3 Å². The molecular formula is C20H28ClN5O3. The first-order valence-electron chi connectivity index (χ1n) is 9.59. The maximum atomic E-state index is 12.1. The number of benzene rings is 1. The fourth-order valence-corrected chi connectivity index (χ4v) is 3.27. The summed E-state index contributed by atoms with van der Waals surface area (Å²) in [5.41, 5.74) is 1.29. The van der Waals surface area contributed by atoms with Crippen molar-refractivity contribution in [2.24, 2.45) is 5.92 Å². The monoisotopic (exact) mass is 421 g/mol. The third-order valence-electron chi connectivity index (χ3n) is 4.83. The summed E-state index contributed by atoms with van der Waals surface area (Å²) in [5, 5.41) is 13.1. The van der Waals surface area contributed by atoms with Crippen LogP contribution in [0.5, 0.6) is 5.75 Å². The minimum atomic E-state index is -0.197. The highest BCUT2D eigenvalue weighted by molar-refractivity contribution is 5.91. The van der Waals surface area contributed by atoms with E-state index < -0.39 is 0 Å². The van der Waals surface area contributed by atoms with Gasteiger partial charge in [0.2, 0.25) is 11.8 Å². The second-order valence-electron chi connectivity index (χ2n) is 6.98. The molecule has 0 aliphatic carbocycles. The van der Waals surface area contributed by atoms with Crippen molar-refractivity contribution in [3.63, 3.8) is 0 Å². The maximum absolute atomic E-state index is 12.1. The lowest BCUT2D eigenvalue weighted by molar-refractivity contribution is -0.117. The molecule has 0 atom stereocenters. The number of methoxy groups -OCH3 is 1. The van der Waals surface area contributed by atoms with Gasteiger partial charge >= 0.3 is 0 Å². The molecule has 1 fully saturated rings. The minimum Gasteiger partial charge on any atom is -0.497 e. The normalized spacial score (nSPS) is 14.0. The lowest BCUT2D eigenvalue weighted by atomic mass is 9.93. The summed E-state index contributed by atoms with van der Waals surface area (Å²) in [6.07, 6.45) is 6.90. The van der Waals surface area contributed by atoms with E-state index in [1.165, 1.54) is 4.68 Å². The van der Waals surface area contributed by atoms with Crippen molar-refractivity contribution in [1.82, 2.24) is 15.1 Å². The highest BCUT2D eigenvalue weighted by atomic mass is 35.5. The van der Waals surface area contributed by atoms with Crippen LogP contribution < -0.4 is 20.7 Å². The summed E-state index contributed by atoms with van der Waals surface area (Å²) in [7, 11) is 1.59. The molecule has 0 unspecified atom stereocenters. The zero-order valence-electron chi connectivity index (χ0n) is 16.5. The number of anilines is 2. The molecular weight excluding hydrogens is 394 g/mol. The molecule has 1 aromatic heterocycles. The number of hydrogen-bond donors (Lipinski definition) is 3. The first-order chi connectivity index (χ1) is 13.6. The number of ether oxygens (including phenoxy) is 1. The van der Waals surface area contributed by atoms with E-state index in [1.54, 1.807) is 43.8 Å². The molecule has 29 heavy (non-hydrogen) atoms. The quantitative estimate of drug-likeness (QED) is 0.608. The van der Waals surface area contributed by atoms with E-state index >= 15 is 0 Å². The minimum absolute atomic E-state index is 0. The Balaban J connectivity index is 0.00000300.